The molecule has 0 bridgehead atoms. The minimum absolute atomic E-state index is 0.251. The van der Waals surface area contributed by atoms with E-state index >= 15 is 0 Å². The molecule has 1 heterocycles. The first kappa shape index (κ1) is 12.1. The van der Waals surface area contributed by atoms with E-state index in [1.54, 1.807) is 11.3 Å². The summed E-state index contributed by atoms with van der Waals surface area (Å²) in [6.07, 6.45) is 0. The van der Waals surface area contributed by atoms with E-state index in [0.29, 0.717) is 0 Å². The SMILES string of the molecule is Cc1ccc(NC(C)c2csc(C)n2)c(C)c1. The van der Waals surface area contributed by atoms with Crippen LogP contribution in [0.2, 0.25) is 0 Å². The molecule has 0 spiro atoms. The largest absolute Gasteiger partial charge is 0.377 e. The van der Waals surface area contributed by atoms with Gasteiger partial charge in [0.05, 0.1) is 16.7 Å². The molecule has 1 unspecified atom stereocenters. The van der Waals surface area contributed by atoms with Crippen LogP contribution in [0, 0.1) is 20.8 Å². The summed E-state index contributed by atoms with van der Waals surface area (Å²) in [5.74, 6) is 0. The molecule has 1 atom stereocenters. The van der Waals surface area contributed by atoms with Gasteiger partial charge in [-0.05, 0) is 39.3 Å². The maximum absolute atomic E-state index is 4.51. The molecule has 0 aliphatic rings. The molecule has 0 fully saturated rings. The van der Waals surface area contributed by atoms with Crippen molar-refractivity contribution in [3.63, 3.8) is 0 Å². The summed E-state index contributed by atoms with van der Waals surface area (Å²) in [7, 11) is 0. The zero-order chi connectivity index (χ0) is 12.4. The van der Waals surface area contributed by atoms with Crippen molar-refractivity contribution in [3.05, 3.63) is 45.4 Å². The number of aryl methyl sites for hydroxylation is 3. The van der Waals surface area contributed by atoms with Gasteiger partial charge in [0.25, 0.3) is 0 Å². The lowest BCUT2D eigenvalue weighted by atomic mass is 10.1. The lowest BCUT2D eigenvalue weighted by molar-refractivity contribution is 0.843. The molecule has 0 aliphatic carbocycles. The molecule has 0 saturated carbocycles. The molecular weight excluding hydrogens is 228 g/mol. The van der Waals surface area contributed by atoms with Crippen molar-refractivity contribution in [2.45, 2.75) is 33.7 Å². The van der Waals surface area contributed by atoms with Crippen LogP contribution in [-0.2, 0) is 0 Å². The van der Waals surface area contributed by atoms with Crippen molar-refractivity contribution < 1.29 is 0 Å². The third-order valence-corrected chi connectivity index (χ3v) is 3.63. The molecule has 0 aliphatic heterocycles. The highest BCUT2D eigenvalue weighted by atomic mass is 32.1. The number of hydrogen-bond acceptors (Lipinski definition) is 3. The van der Waals surface area contributed by atoms with Gasteiger partial charge in [-0.1, -0.05) is 17.7 Å². The van der Waals surface area contributed by atoms with Crippen LogP contribution in [0.15, 0.2) is 23.6 Å². The van der Waals surface area contributed by atoms with Crippen LogP contribution in [0.25, 0.3) is 0 Å². The number of nitrogens with one attached hydrogen (secondary N) is 1. The predicted octanol–water partition coefficient (Wildman–Crippen LogP) is 4.24. The topological polar surface area (TPSA) is 24.9 Å². The summed E-state index contributed by atoms with van der Waals surface area (Å²) in [5.41, 5.74) is 4.88. The highest BCUT2D eigenvalue weighted by Gasteiger charge is 2.09. The number of thiazole rings is 1. The standard InChI is InChI=1S/C14H18N2S/c1-9-5-6-13(10(2)7-9)15-11(3)14-8-17-12(4)16-14/h5-8,11,15H,1-4H3. The molecule has 0 amide bonds. The van der Waals surface area contributed by atoms with Crippen LogP contribution in [0.4, 0.5) is 5.69 Å². The Morgan fingerprint density at radius 1 is 1.24 bits per heavy atom. The second kappa shape index (κ2) is 4.88. The van der Waals surface area contributed by atoms with E-state index in [-0.39, 0.29) is 6.04 Å². The Balaban J connectivity index is 2.15. The van der Waals surface area contributed by atoms with Crippen LogP contribution < -0.4 is 5.32 Å². The first-order chi connectivity index (χ1) is 8.06. The van der Waals surface area contributed by atoms with Gasteiger partial charge in [0.2, 0.25) is 0 Å². The van der Waals surface area contributed by atoms with E-state index < -0.39 is 0 Å². The fraction of sp³-hybridized carbons (Fsp3) is 0.357. The summed E-state index contributed by atoms with van der Waals surface area (Å²) in [4.78, 5) is 4.51. The molecule has 2 aromatic rings. The Morgan fingerprint density at radius 3 is 2.59 bits per heavy atom. The average Bonchev–Trinajstić information content (AvgIpc) is 2.69. The molecule has 2 nitrogen and oxygen atoms in total. The van der Waals surface area contributed by atoms with E-state index in [1.165, 1.54) is 16.8 Å². The van der Waals surface area contributed by atoms with Gasteiger partial charge >= 0.3 is 0 Å². The number of hydrogen-bond donors (Lipinski definition) is 1. The van der Waals surface area contributed by atoms with Crippen molar-refractivity contribution >= 4 is 17.0 Å². The Morgan fingerprint density at radius 2 is 2.00 bits per heavy atom. The van der Waals surface area contributed by atoms with Gasteiger partial charge in [-0.25, -0.2) is 4.98 Å². The monoisotopic (exact) mass is 246 g/mol. The number of rotatable bonds is 3. The van der Waals surface area contributed by atoms with Gasteiger partial charge in [-0.2, -0.15) is 0 Å². The number of nitrogens with zero attached hydrogens (tertiary/aromatic N) is 1. The van der Waals surface area contributed by atoms with E-state index in [0.717, 1.165) is 10.7 Å². The zero-order valence-electron chi connectivity index (χ0n) is 10.7. The molecular formula is C14H18N2S. The first-order valence-electron chi connectivity index (χ1n) is 5.82. The van der Waals surface area contributed by atoms with Crippen molar-refractivity contribution in [2.75, 3.05) is 5.32 Å². The lowest BCUT2D eigenvalue weighted by Gasteiger charge is -2.15. The molecule has 1 N–H and O–H groups in total. The van der Waals surface area contributed by atoms with Crippen molar-refractivity contribution in [1.82, 2.24) is 4.98 Å². The van der Waals surface area contributed by atoms with Crippen LogP contribution in [0.3, 0.4) is 0 Å². The second-order valence-corrected chi connectivity index (χ2v) is 5.54. The maximum Gasteiger partial charge on any atom is 0.0898 e. The third kappa shape index (κ3) is 2.86. The first-order valence-corrected chi connectivity index (χ1v) is 6.70. The average molecular weight is 246 g/mol. The molecule has 1 aromatic carbocycles. The summed E-state index contributed by atoms with van der Waals surface area (Å²) >= 11 is 1.70. The zero-order valence-corrected chi connectivity index (χ0v) is 11.6. The van der Waals surface area contributed by atoms with Crippen LogP contribution in [0.1, 0.15) is 34.8 Å². The van der Waals surface area contributed by atoms with Gasteiger partial charge in [-0.15, -0.1) is 11.3 Å². The van der Waals surface area contributed by atoms with Crippen molar-refractivity contribution in [3.8, 4) is 0 Å². The van der Waals surface area contributed by atoms with E-state index in [4.69, 9.17) is 0 Å². The van der Waals surface area contributed by atoms with Crippen LogP contribution in [-0.4, -0.2) is 4.98 Å². The van der Waals surface area contributed by atoms with Crippen molar-refractivity contribution in [2.24, 2.45) is 0 Å². The highest BCUT2D eigenvalue weighted by molar-refractivity contribution is 7.09. The van der Waals surface area contributed by atoms with Crippen LogP contribution >= 0.6 is 11.3 Å². The van der Waals surface area contributed by atoms with Gasteiger partial charge in [0.1, 0.15) is 0 Å². The quantitative estimate of drug-likeness (QED) is 0.876. The Labute approximate surface area is 107 Å². The fourth-order valence-corrected chi connectivity index (χ4v) is 2.57. The minimum Gasteiger partial charge on any atom is -0.377 e. The Bertz CT molecular complexity index is 517. The van der Waals surface area contributed by atoms with Gasteiger partial charge in [0.15, 0.2) is 0 Å². The van der Waals surface area contributed by atoms with Gasteiger partial charge < -0.3 is 5.32 Å². The maximum atomic E-state index is 4.51. The fourth-order valence-electron chi connectivity index (χ4n) is 1.86. The van der Waals surface area contributed by atoms with Crippen LogP contribution in [0.5, 0.6) is 0 Å². The lowest BCUT2D eigenvalue weighted by Crippen LogP contribution is -2.08. The summed E-state index contributed by atoms with van der Waals surface area (Å²) in [5, 5.41) is 6.75. The van der Waals surface area contributed by atoms with E-state index in [1.807, 2.05) is 6.92 Å². The number of anilines is 1. The number of aromatic nitrogens is 1. The summed E-state index contributed by atoms with van der Waals surface area (Å²) in [6, 6.07) is 6.72. The molecule has 3 heteroatoms. The molecule has 1 aromatic heterocycles. The highest BCUT2D eigenvalue weighted by Crippen LogP contribution is 2.23. The second-order valence-electron chi connectivity index (χ2n) is 4.48. The molecule has 2 rings (SSSR count). The molecule has 17 heavy (non-hydrogen) atoms. The van der Waals surface area contributed by atoms with E-state index in [2.05, 4.69) is 54.7 Å². The van der Waals surface area contributed by atoms with E-state index in [9.17, 15) is 0 Å². The molecule has 90 valence electrons. The number of benzene rings is 1. The smallest absolute Gasteiger partial charge is 0.0898 e. The molecule has 0 radical (unpaired) electrons. The van der Waals surface area contributed by atoms with Crippen molar-refractivity contribution in [1.29, 1.82) is 0 Å². The van der Waals surface area contributed by atoms with Gasteiger partial charge in [0, 0.05) is 11.1 Å². The predicted molar refractivity (Wildman–Crippen MR) is 74.8 cm³/mol. The normalized spacial score (nSPS) is 12.5. The third-order valence-electron chi connectivity index (χ3n) is 2.83. The van der Waals surface area contributed by atoms with Gasteiger partial charge in [-0.3, -0.25) is 0 Å². The minimum atomic E-state index is 0.251. The Kier molecular flexibility index (Phi) is 3.48. The summed E-state index contributed by atoms with van der Waals surface area (Å²) < 4.78 is 0. The summed E-state index contributed by atoms with van der Waals surface area (Å²) in [6.45, 7) is 8.43. The Hall–Kier alpha value is -1.35. The molecule has 0 saturated heterocycles.